The topological polar surface area (TPSA) is 59.3 Å². The van der Waals surface area contributed by atoms with Crippen LogP contribution in [0.15, 0.2) is 26.3 Å². The Balaban J connectivity index is 2.22. The second kappa shape index (κ2) is 3.11. The normalized spacial score (nSPS) is 17.6. The summed E-state index contributed by atoms with van der Waals surface area (Å²) >= 11 is 3.05. The van der Waals surface area contributed by atoms with Crippen LogP contribution in [0.25, 0.3) is 0 Å². The largest absolute Gasteiger partial charge is 0.437 e. The van der Waals surface area contributed by atoms with E-state index in [0.29, 0.717) is 4.67 Å². The van der Waals surface area contributed by atoms with Gasteiger partial charge in [-0.3, -0.25) is 0 Å². The van der Waals surface area contributed by atoms with E-state index in [2.05, 4.69) is 20.7 Å². The minimum Gasteiger partial charge on any atom is -0.437 e. The van der Waals surface area contributed by atoms with Gasteiger partial charge >= 0.3 is 0 Å². The van der Waals surface area contributed by atoms with Crippen LogP contribution < -0.4 is 4.72 Å². The van der Waals surface area contributed by atoms with E-state index in [1.54, 1.807) is 6.07 Å². The Morgan fingerprint density at radius 3 is 2.62 bits per heavy atom. The summed E-state index contributed by atoms with van der Waals surface area (Å²) in [5, 5.41) is -0.0359. The van der Waals surface area contributed by atoms with Gasteiger partial charge in [0.25, 0.3) is 10.0 Å². The van der Waals surface area contributed by atoms with Gasteiger partial charge in [-0.05, 0) is 40.9 Å². The molecular weight excluding hydrogens is 258 g/mol. The van der Waals surface area contributed by atoms with Crippen molar-refractivity contribution in [3.8, 4) is 0 Å². The fourth-order valence-corrected chi connectivity index (χ4v) is 2.57. The Labute approximate surface area is 84.5 Å². The van der Waals surface area contributed by atoms with Gasteiger partial charge in [0.2, 0.25) is 5.09 Å². The molecule has 4 nitrogen and oxygen atoms in total. The van der Waals surface area contributed by atoms with Crippen LogP contribution in [-0.2, 0) is 10.0 Å². The molecule has 13 heavy (non-hydrogen) atoms. The molecule has 72 valence electrons. The van der Waals surface area contributed by atoms with Crippen LogP contribution in [0.4, 0.5) is 0 Å². The predicted octanol–water partition coefficient (Wildman–Crippen LogP) is 1.48. The summed E-state index contributed by atoms with van der Waals surface area (Å²) in [4.78, 5) is 0. The Bertz CT molecular complexity index is 407. The fourth-order valence-electron chi connectivity index (χ4n) is 0.921. The predicted molar refractivity (Wildman–Crippen MR) is 49.8 cm³/mol. The molecule has 0 saturated heterocycles. The van der Waals surface area contributed by atoms with Gasteiger partial charge in [-0.2, -0.15) is 0 Å². The van der Waals surface area contributed by atoms with E-state index in [4.69, 9.17) is 4.42 Å². The maximum absolute atomic E-state index is 11.5. The molecule has 0 radical (unpaired) electrons. The first-order valence-electron chi connectivity index (χ1n) is 3.85. The Morgan fingerprint density at radius 1 is 1.46 bits per heavy atom. The molecule has 0 unspecified atom stereocenters. The summed E-state index contributed by atoms with van der Waals surface area (Å²) in [5.41, 5.74) is 0. The van der Waals surface area contributed by atoms with Gasteiger partial charge in [0, 0.05) is 6.04 Å². The number of nitrogens with one attached hydrogen (secondary N) is 1. The summed E-state index contributed by atoms with van der Waals surface area (Å²) in [7, 11) is -3.42. The van der Waals surface area contributed by atoms with Crippen molar-refractivity contribution in [2.45, 2.75) is 24.0 Å². The van der Waals surface area contributed by atoms with Crippen molar-refractivity contribution in [2.24, 2.45) is 0 Å². The average molecular weight is 266 g/mol. The third-order valence-corrected chi connectivity index (χ3v) is 3.53. The summed E-state index contributed by atoms with van der Waals surface area (Å²) in [6.07, 6.45) is 1.84. The molecule has 1 fully saturated rings. The van der Waals surface area contributed by atoms with Crippen LogP contribution in [0.1, 0.15) is 12.8 Å². The van der Waals surface area contributed by atoms with Crippen molar-refractivity contribution < 1.29 is 12.8 Å². The van der Waals surface area contributed by atoms with Crippen molar-refractivity contribution >= 4 is 26.0 Å². The highest BCUT2D eigenvalue weighted by molar-refractivity contribution is 9.10. The van der Waals surface area contributed by atoms with Crippen molar-refractivity contribution in [1.29, 1.82) is 0 Å². The van der Waals surface area contributed by atoms with E-state index in [-0.39, 0.29) is 11.1 Å². The first-order valence-corrected chi connectivity index (χ1v) is 6.13. The highest BCUT2D eigenvalue weighted by atomic mass is 79.9. The number of sulfonamides is 1. The summed E-state index contributed by atoms with van der Waals surface area (Å²) in [6.45, 7) is 0. The third kappa shape index (κ3) is 2.12. The molecule has 1 N–H and O–H groups in total. The number of halogens is 1. The van der Waals surface area contributed by atoms with E-state index in [1.807, 2.05) is 0 Å². The fraction of sp³-hybridized carbons (Fsp3) is 0.429. The molecule has 1 saturated carbocycles. The molecule has 0 spiro atoms. The molecule has 1 aromatic rings. The van der Waals surface area contributed by atoms with E-state index < -0.39 is 10.0 Å². The number of furan rings is 1. The third-order valence-electron chi connectivity index (χ3n) is 1.71. The molecule has 0 bridgehead atoms. The molecule has 1 aliphatic carbocycles. The van der Waals surface area contributed by atoms with E-state index >= 15 is 0 Å². The molecule has 1 aromatic heterocycles. The highest BCUT2D eigenvalue weighted by Crippen LogP contribution is 2.24. The lowest BCUT2D eigenvalue weighted by atomic mass is 10.7. The van der Waals surface area contributed by atoms with Gasteiger partial charge in [0.05, 0.1) is 0 Å². The second-order valence-electron chi connectivity index (χ2n) is 2.95. The first kappa shape index (κ1) is 9.23. The van der Waals surface area contributed by atoms with E-state index in [1.165, 1.54) is 6.07 Å². The Kier molecular flexibility index (Phi) is 2.21. The Morgan fingerprint density at radius 2 is 2.15 bits per heavy atom. The van der Waals surface area contributed by atoms with Gasteiger partial charge in [-0.25, -0.2) is 13.1 Å². The zero-order valence-electron chi connectivity index (χ0n) is 6.66. The van der Waals surface area contributed by atoms with Crippen LogP contribution in [0.2, 0.25) is 0 Å². The van der Waals surface area contributed by atoms with Crippen molar-refractivity contribution in [3.05, 3.63) is 16.8 Å². The molecule has 1 aliphatic rings. The number of rotatable bonds is 3. The minimum absolute atomic E-state index is 0.0359. The lowest BCUT2D eigenvalue weighted by Gasteiger charge is -2.00. The zero-order valence-corrected chi connectivity index (χ0v) is 9.06. The molecule has 0 aromatic carbocycles. The van der Waals surface area contributed by atoms with Gasteiger partial charge < -0.3 is 4.42 Å². The standard InChI is InChI=1S/C7H8BrNO3S/c8-6-3-4-7(12-6)13(10,11)9-5-1-2-5/h3-5,9H,1-2H2. The van der Waals surface area contributed by atoms with Crippen LogP contribution in [0.5, 0.6) is 0 Å². The van der Waals surface area contributed by atoms with Crippen LogP contribution >= 0.6 is 15.9 Å². The first-order chi connectivity index (χ1) is 6.08. The van der Waals surface area contributed by atoms with Crippen LogP contribution in [0.3, 0.4) is 0 Å². The lowest BCUT2D eigenvalue weighted by molar-refractivity contribution is 0.428. The van der Waals surface area contributed by atoms with Crippen molar-refractivity contribution in [1.82, 2.24) is 4.72 Å². The maximum atomic E-state index is 11.5. The number of hydrogen-bond acceptors (Lipinski definition) is 3. The van der Waals surface area contributed by atoms with Crippen molar-refractivity contribution in [2.75, 3.05) is 0 Å². The Hall–Kier alpha value is -0.330. The zero-order chi connectivity index (χ0) is 9.47. The van der Waals surface area contributed by atoms with Crippen LogP contribution in [-0.4, -0.2) is 14.5 Å². The summed E-state index contributed by atoms with van der Waals surface area (Å²) < 4.78 is 30.8. The minimum atomic E-state index is -3.42. The van der Waals surface area contributed by atoms with Gasteiger partial charge in [0.1, 0.15) is 0 Å². The summed E-state index contributed by atoms with van der Waals surface area (Å²) in [6, 6.07) is 3.09. The van der Waals surface area contributed by atoms with Gasteiger partial charge in [0.15, 0.2) is 4.67 Å². The molecular formula is C7H8BrNO3S. The molecule has 0 amide bonds. The highest BCUT2D eigenvalue weighted by Gasteiger charge is 2.29. The van der Waals surface area contributed by atoms with Crippen LogP contribution in [0, 0.1) is 0 Å². The van der Waals surface area contributed by atoms with Gasteiger partial charge in [-0.15, -0.1) is 0 Å². The van der Waals surface area contributed by atoms with Gasteiger partial charge in [-0.1, -0.05) is 0 Å². The lowest BCUT2D eigenvalue weighted by Crippen LogP contribution is -2.25. The second-order valence-corrected chi connectivity index (χ2v) is 5.38. The van der Waals surface area contributed by atoms with E-state index in [0.717, 1.165) is 12.8 Å². The monoisotopic (exact) mass is 265 g/mol. The van der Waals surface area contributed by atoms with E-state index in [9.17, 15) is 8.42 Å². The smallest absolute Gasteiger partial charge is 0.274 e. The quantitative estimate of drug-likeness (QED) is 0.901. The molecule has 1 heterocycles. The average Bonchev–Trinajstić information content (AvgIpc) is 2.70. The molecule has 0 aliphatic heterocycles. The SMILES string of the molecule is O=S(=O)(NC1CC1)c1ccc(Br)o1. The molecule has 2 rings (SSSR count). The number of hydrogen-bond donors (Lipinski definition) is 1. The van der Waals surface area contributed by atoms with Crippen molar-refractivity contribution in [3.63, 3.8) is 0 Å². The summed E-state index contributed by atoms with van der Waals surface area (Å²) in [5.74, 6) is 0. The molecule has 6 heteroatoms. The molecule has 0 atom stereocenters. The maximum Gasteiger partial charge on any atom is 0.274 e.